The maximum Gasteiger partial charge on any atom is 0.191 e. The molecule has 0 aliphatic carbocycles. The van der Waals surface area contributed by atoms with Gasteiger partial charge < -0.3 is 15.4 Å². The van der Waals surface area contributed by atoms with E-state index in [-0.39, 0.29) is 0 Å². The van der Waals surface area contributed by atoms with Gasteiger partial charge in [0.05, 0.1) is 12.7 Å². The van der Waals surface area contributed by atoms with E-state index in [0.717, 1.165) is 51.0 Å². The highest BCUT2D eigenvalue weighted by Crippen LogP contribution is 2.15. The molecule has 1 heterocycles. The second-order valence-corrected chi connectivity index (χ2v) is 8.42. The van der Waals surface area contributed by atoms with Gasteiger partial charge in [0.1, 0.15) is 0 Å². The standard InChI is InChI=1S/C23H32N4OS/c1-19-17-27(12-13-28-19)18-21-8-6-7-20(15-21)16-26-23(24-2)25-11-14-29-22-9-4-3-5-10-22/h3-10,15,19H,11-14,16-18H2,1-2H3,(H2,24,25,26). The van der Waals surface area contributed by atoms with Crippen molar-refractivity contribution in [2.75, 3.05) is 39.0 Å². The number of nitrogens with zero attached hydrogens (tertiary/aromatic N) is 2. The summed E-state index contributed by atoms with van der Waals surface area (Å²) >= 11 is 1.85. The van der Waals surface area contributed by atoms with Crippen molar-refractivity contribution in [2.24, 2.45) is 4.99 Å². The molecule has 0 saturated carbocycles. The number of thioether (sulfide) groups is 1. The maximum atomic E-state index is 5.64. The molecule has 1 aliphatic heterocycles. The van der Waals surface area contributed by atoms with Crippen LogP contribution in [-0.2, 0) is 17.8 Å². The monoisotopic (exact) mass is 412 g/mol. The molecule has 156 valence electrons. The molecule has 0 spiro atoms. The lowest BCUT2D eigenvalue weighted by Gasteiger charge is -2.31. The van der Waals surface area contributed by atoms with Crippen LogP contribution in [0.2, 0.25) is 0 Å². The van der Waals surface area contributed by atoms with E-state index in [1.54, 1.807) is 0 Å². The zero-order valence-electron chi connectivity index (χ0n) is 17.4. The Kier molecular flexibility index (Phi) is 8.86. The van der Waals surface area contributed by atoms with Crippen LogP contribution in [0.1, 0.15) is 18.1 Å². The summed E-state index contributed by atoms with van der Waals surface area (Å²) in [7, 11) is 1.82. The molecule has 0 radical (unpaired) electrons. The van der Waals surface area contributed by atoms with Crippen molar-refractivity contribution in [1.29, 1.82) is 0 Å². The van der Waals surface area contributed by atoms with E-state index in [2.05, 4.69) is 76.0 Å². The Labute approximate surface area is 178 Å². The topological polar surface area (TPSA) is 48.9 Å². The highest BCUT2D eigenvalue weighted by atomic mass is 32.2. The van der Waals surface area contributed by atoms with Crippen LogP contribution in [0, 0.1) is 0 Å². The molecule has 0 aromatic heterocycles. The zero-order chi connectivity index (χ0) is 20.3. The number of hydrogen-bond donors (Lipinski definition) is 2. The normalized spacial score (nSPS) is 17.9. The number of ether oxygens (including phenoxy) is 1. The Hall–Kier alpha value is -2.02. The second kappa shape index (κ2) is 11.9. The molecule has 2 aromatic carbocycles. The van der Waals surface area contributed by atoms with Gasteiger partial charge in [0, 0.05) is 50.4 Å². The molecule has 2 N–H and O–H groups in total. The van der Waals surface area contributed by atoms with Crippen molar-refractivity contribution >= 4 is 17.7 Å². The van der Waals surface area contributed by atoms with Gasteiger partial charge in [0.2, 0.25) is 0 Å². The highest BCUT2D eigenvalue weighted by Gasteiger charge is 2.16. The summed E-state index contributed by atoms with van der Waals surface area (Å²) < 4.78 is 5.64. The minimum Gasteiger partial charge on any atom is -0.376 e. The van der Waals surface area contributed by atoms with Gasteiger partial charge in [-0.1, -0.05) is 42.5 Å². The summed E-state index contributed by atoms with van der Waals surface area (Å²) in [6.45, 7) is 7.58. The third-order valence-electron chi connectivity index (χ3n) is 4.81. The first-order valence-corrected chi connectivity index (χ1v) is 11.3. The summed E-state index contributed by atoms with van der Waals surface area (Å²) in [5.74, 6) is 1.84. The van der Waals surface area contributed by atoms with Crippen molar-refractivity contribution in [3.8, 4) is 0 Å². The molecule has 1 saturated heterocycles. The SMILES string of the molecule is CN=C(NCCSc1ccccc1)NCc1cccc(CN2CCOC(C)C2)c1. The fourth-order valence-corrected chi connectivity index (χ4v) is 4.18. The molecule has 1 unspecified atom stereocenters. The number of hydrogen-bond acceptors (Lipinski definition) is 4. The van der Waals surface area contributed by atoms with E-state index in [0.29, 0.717) is 6.10 Å². The van der Waals surface area contributed by atoms with E-state index in [1.807, 2.05) is 24.9 Å². The van der Waals surface area contributed by atoms with Gasteiger partial charge in [0.15, 0.2) is 5.96 Å². The maximum absolute atomic E-state index is 5.64. The van der Waals surface area contributed by atoms with E-state index < -0.39 is 0 Å². The van der Waals surface area contributed by atoms with Crippen LogP contribution in [0.25, 0.3) is 0 Å². The molecule has 0 amide bonds. The smallest absolute Gasteiger partial charge is 0.191 e. The van der Waals surface area contributed by atoms with Gasteiger partial charge in [-0.3, -0.25) is 9.89 Å². The highest BCUT2D eigenvalue weighted by molar-refractivity contribution is 7.99. The molecule has 1 atom stereocenters. The van der Waals surface area contributed by atoms with Gasteiger partial charge in [0.25, 0.3) is 0 Å². The summed E-state index contributed by atoms with van der Waals surface area (Å²) in [6, 6.07) is 19.3. The van der Waals surface area contributed by atoms with Gasteiger partial charge >= 0.3 is 0 Å². The number of benzene rings is 2. The first-order chi connectivity index (χ1) is 14.2. The van der Waals surface area contributed by atoms with E-state index in [9.17, 15) is 0 Å². The summed E-state index contributed by atoms with van der Waals surface area (Å²) in [4.78, 5) is 8.09. The number of nitrogens with one attached hydrogen (secondary N) is 2. The lowest BCUT2D eigenvalue weighted by Crippen LogP contribution is -2.40. The molecule has 6 heteroatoms. The number of rotatable bonds is 8. The van der Waals surface area contributed by atoms with Gasteiger partial charge in [-0.2, -0.15) is 0 Å². The van der Waals surface area contributed by atoms with Crippen LogP contribution in [0.3, 0.4) is 0 Å². The van der Waals surface area contributed by atoms with E-state index >= 15 is 0 Å². The molecule has 0 bridgehead atoms. The van der Waals surface area contributed by atoms with Crippen molar-refractivity contribution in [3.05, 3.63) is 65.7 Å². The minimum absolute atomic E-state index is 0.322. The largest absolute Gasteiger partial charge is 0.376 e. The lowest BCUT2D eigenvalue weighted by molar-refractivity contribution is -0.0212. The zero-order valence-corrected chi connectivity index (χ0v) is 18.3. The fraction of sp³-hybridized carbons (Fsp3) is 0.435. The van der Waals surface area contributed by atoms with Crippen LogP contribution in [-0.4, -0.2) is 56.0 Å². The average Bonchev–Trinajstić information content (AvgIpc) is 2.74. The van der Waals surface area contributed by atoms with Gasteiger partial charge in [-0.15, -0.1) is 11.8 Å². The summed E-state index contributed by atoms with van der Waals surface area (Å²) in [5, 5.41) is 6.81. The molecule has 3 rings (SSSR count). The third-order valence-corrected chi connectivity index (χ3v) is 5.83. The molecular weight excluding hydrogens is 380 g/mol. The second-order valence-electron chi connectivity index (χ2n) is 7.25. The molecule has 1 aliphatic rings. The van der Waals surface area contributed by atoms with Gasteiger partial charge in [-0.05, 0) is 30.2 Å². The van der Waals surface area contributed by atoms with Crippen LogP contribution in [0.15, 0.2) is 64.5 Å². The Bertz CT molecular complexity index is 768. The quantitative estimate of drug-likeness (QED) is 0.301. The third kappa shape index (κ3) is 7.72. The van der Waals surface area contributed by atoms with Crippen molar-refractivity contribution < 1.29 is 4.74 Å². The van der Waals surface area contributed by atoms with Crippen molar-refractivity contribution in [2.45, 2.75) is 31.0 Å². The van der Waals surface area contributed by atoms with E-state index in [1.165, 1.54) is 16.0 Å². The summed E-state index contributed by atoms with van der Waals surface area (Å²) in [6.07, 6.45) is 0.322. The average molecular weight is 413 g/mol. The summed E-state index contributed by atoms with van der Waals surface area (Å²) in [5.41, 5.74) is 2.62. The Morgan fingerprint density at radius 1 is 1.14 bits per heavy atom. The van der Waals surface area contributed by atoms with Crippen molar-refractivity contribution in [3.63, 3.8) is 0 Å². The number of guanidine groups is 1. The van der Waals surface area contributed by atoms with Crippen molar-refractivity contribution in [1.82, 2.24) is 15.5 Å². The van der Waals surface area contributed by atoms with E-state index in [4.69, 9.17) is 4.74 Å². The predicted octanol–water partition coefficient (Wildman–Crippen LogP) is 3.36. The van der Waals surface area contributed by atoms with Gasteiger partial charge in [-0.25, -0.2) is 0 Å². The van der Waals surface area contributed by atoms with Crippen LogP contribution >= 0.6 is 11.8 Å². The Morgan fingerprint density at radius 3 is 2.76 bits per heavy atom. The fourth-order valence-electron chi connectivity index (χ4n) is 3.39. The Balaban J connectivity index is 1.40. The van der Waals surface area contributed by atoms with Crippen LogP contribution < -0.4 is 10.6 Å². The number of aliphatic imine (C=N–C) groups is 1. The lowest BCUT2D eigenvalue weighted by atomic mass is 10.1. The number of morpholine rings is 1. The molecule has 29 heavy (non-hydrogen) atoms. The molecule has 5 nitrogen and oxygen atoms in total. The molecular formula is C23H32N4OS. The molecule has 2 aromatic rings. The predicted molar refractivity (Wildman–Crippen MR) is 123 cm³/mol. The first kappa shape index (κ1) is 21.7. The Morgan fingerprint density at radius 2 is 1.97 bits per heavy atom. The van der Waals surface area contributed by atoms with Crippen LogP contribution in [0.5, 0.6) is 0 Å². The minimum atomic E-state index is 0.322. The molecule has 1 fully saturated rings. The first-order valence-electron chi connectivity index (χ1n) is 10.3. The van der Waals surface area contributed by atoms with Crippen LogP contribution in [0.4, 0.5) is 0 Å².